The van der Waals surface area contributed by atoms with Crippen LogP contribution in [0.1, 0.15) is 29.6 Å². The second kappa shape index (κ2) is 4.96. The van der Waals surface area contributed by atoms with Crippen molar-refractivity contribution in [2.24, 2.45) is 5.92 Å². The predicted octanol–water partition coefficient (Wildman–Crippen LogP) is 2.05. The van der Waals surface area contributed by atoms with E-state index in [1.165, 1.54) is 26.1 Å². The highest BCUT2D eigenvalue weighted by Crippen LogP contribution is 2.32. The maximum Gasteiger partial charge on any atom is 0.339 e. The lowest BCUT2D eigenvalue weighted by molar-refractivity contribution is 0.0600. The van der Waals surface area contributed by atoms with Gasteiger partial charge in [-0.25, -0.2) is 9.78 Å². The fourth-order valence-corrected chi connectivity index (χ4v) is 1.44. The summed E-state index contributed by atoms with van der Waals surface area (Å²) >= 11 is 0. The van der Waals surface area contributed by atoms with Gasteiger partial charge in [-0.15, -0.1) is 0 Å². The highest BCUT2D eigenvalue weighted by atomic mass is 16.5. The van der Waals surface area contributed by atoms with E-state index in [0.717, 1.165) is 12.3 Å². The largest absolute Gasteiger partial charge is 0.478 e. The second-order valence-corrected chi connectivity index (χ2v) is 3.96. The van der Waals surface area contributed by atoms with Crippen LogP contribution >= 0.6 is 0 Å². The number of carbonyl (C=O) groups is 1. The highest BCUT2D eigenvalue weighted by Gasteiger charge is 2.20. The van der Waals surface area contributed by atoms with Gasteiger partial charge in [0.05, 0.1) is 19.3 Å². The van der Waals surface area contributed by atoms with E-state index in [1.807, 2.05) is 0 Å². The third-order valence-corrected chi connectivity index (χ3v) is 2.63. The summed E-state index contributed by atoms with van der Waals surface area (Å²) in [7, 11) is 1.35. The molecule has 0 atom stereocenters. The summed E-state index contributed by atoms with van der Waals surface area (Å²) in [6.45, 7) is 0.704. The predicted molar refractivity (Wildman–Crippen MR) is 58.4 cm³/mol. The third-order valence-electron chi connectivity index (χ3n) is 2.63. The topological polar surface area (TPSA) is 48.4 Å². The minimum absolute atomic E-state index is 0.378. The van der Waals surface area contributed by atoms with Crippen molar-refractivity contribution in [1.82, 2.24) is 4.98 Å². The molecule has 4 nitrogen and oxygen atoms in total. The third kappa shape index (κ3) is 2.95. The van der Waals surface area contributed by atoms with E-state index in [0.29, 0.717) is 18.1 Å². The summed E-state index contributed by atoms with van der Waals surface area (Å²) in [5.74, 6) is 1.04. The standard InChI is InChI=1S/C12H15NO3/c1-15-12(14)10-4-5-11(13-8-10)16-7-6-9-2-3-9/h4-5,8-9H,2-3,6-7H2,1H3. The van der Waals surface area contributed by atoms with Crippen LogP contribution in [0.2, 0.25) is 0 Å². The zero-order chi connectivity index (χ0) is 11.4. The molecule has 16 heavy (non-hydrogen) atoms. The van der Waals surface area contributed by atoms with Gasteiger partial charge in [0, 0.05) is 12.3 Å². The number of ether oxygens (including phenoxy) is 2. The Hall–Kier alpha value is -1.58. The van der Waals surface area contributed by atoms with Gasteiger partial charge in [0.1, 0.15) is 0 Å². The molecule has 0 saturated heterocycles. The van der Waals surface area contributed by atoms with Gasteiger partial charge in [-0.2, -0.15) is 0 Å². The lowest BCUT2D eigenvalue weighted by Crippen LogP contribution is -2.03. The fraction of sp³-hybridized carbons (Fsp3) is 0.500. The van der Waals surface area contributed by atoms with Gasteiger partial charge in [0.15, 0.2) is 0 Å². The normalized spacial score (nSPS) is 14.6. The van der Waals surface area contributed by atoms with Crippen LogP contribution < -0.4 is 4.74 Å². The van der Waals surface area contributed by atoms with Crippen molar-refractivity contribution >= 4 is 5.97 Å². The number of carbonyl (C=O) groups excluding carboxylic acids is 1. The molecule has 0 unspecified atom stereocenters. The van der Waals surface area contributed by atoms with Gasteiger partial charge in [-0.3, -0.25) is 0 Å². The first-order valence-corrected chi connectivity index (χ1v) is 5.47. The van der Waals surface area contributed by atoms with Crippen molar-refractivity contribution in [3.63, 3.8) is 0 Å². The average Bonchev–Trinajstić information content (AvgIpc) is 3.13. The fourth-order valence-electron chi connectivity index (χ4n) is 1.44. The van der Waals surface area contributed by atoms with E-state index in [2.05, 4.69) is 9.72 Å². The van der Waals surface area contributed by atoms with Crippen LogP contribution in [0.25, 0.3) is 0 Å². The van der Waals surface area contributed by atoms with Crippen LogP contribution in [0.5, 0.6) is 5.88 Å². The Kier molecular flexibility index (Phi) is 3.39. The quantitative estimate of drug-likeness (QED) is 0.714. The van der Waals surface area contributed by atoms with Crippen LogP contribution in [0.3, 0.4) is 0 Å². The summed E-state index contributed by atoms with van der Waals surface area (Å²) in [6, 6.07) is 3.35. The molecule has 86 valence electrons. The minimum atomic E-state index is -0.378. The molecular formula is C12H15NO3. The van der Waals surface area contributed by atoms with Crippen molar-refractivity contribution in [3.8, 4) is 5.88 Å². The SMILES string of the molecule is COC(=O)c1ccc(OCCC2CC2)nc1. The van der Waals surface area contributed by atoms with Gasteiger partial charge in [0.25, 0.3) is 0 Å². The maximum atomic E-state index is 11.1. The molecule has 1 aromatic heterocycles. The van der Waals surface area contributed by atoms with Crippen LogP contribution in [0.4, 0.5) is 0 Å². The van der Waals surface area contributed by atoms with Gasteiger partial charge in [-0.05, 0) is 18.4 Å². The molecule has 1 saturated carbocycles. The zero-order valence-electron chi connectivity index (χ0n) is 9.31. The molecule has 1 fully saturated rings. The zero-order valence-corrected chi connectivity index (χ0v) is 9.31. The Balaban J connectivity index is 1.83. The summed E-state index contributed by atoms with van der Waals surface area (Å²) in [5, 5.41) is 0. The van der Waals surface area contributed by atoms with Crippen molar-refractivity contribution in [2.45, 2.75) is 19.3 Å². The van der Waals surface area contributed by atoms with Crippen LogP contribution in [-0.4, -0.2) is 24.7 Å². The van der Waals surface area contributed by atoms with E-state index >= 15 is 0 Å². The average molecular weight is 221 g/mol. The number of nitrogens with zero attached hydrogens (tertiary/aromatic N) is 1. The summed E-state index contributed by atoms with van der Waals surface area (Å²) in [4.78, 5) is 15.2. The molecule has 4 heteroatoms. The van der Waals surface area contributed by atoms with E-state index < -0.39 is 0 Å². The van der Waals surface area contributed by atoms with Gasteiger partial charge in [0.2, 0.25) is 5.88 Å². The van der Waals surface area contributed by atoms with Crippen LogP contribution in [-0.2, 0) is 4.74 Å². The molecule has 1 heterocycles. The number of rotatable bonds is 5. The monoisotopic (exact) mass is 221 g/mol. The van der Waals surface area contributed by atoms with Gasteiger partial charge >= 0.3 is 5.97 Å². The molecule has 0 amide bonds. The van der Waals surface area contributed by atoms with Crippen LogP contribution in [0.15, 0.2) is 18.3 Å². The molecule has 0 spiro atoms. The van der Waals surface area contributed by atoms with Gasteiger partial charge < -0.3 is 9.47 Å². The first kappa shape index (κ1) is 10.9. The van der Waals surface area contributed by atoms with Crippen LogP contribution in [0, 0.1) is 5.92 Å². The van der Waals surface area contributed by atoms with E-state index in [1.54, 1.807) is 12.1 Å². The Bertz CT molecular complexity index is 357. The number of hydrogen-bond acceptors (Lipinski definition) is 4. The molecule has 0 aliphatic heterocycles. The minimum Gasteiger partial charge on any atom is -0.478 e. The van der Waals surface area contributed by atoms with E-state index in [9.17, 15) is 4.79 Å². The van der Waals surface area contributed by atoms with Crippen molar-refractivity contribution in [3.05, 3.63) is 23.9 Å². The molecule has 0 N–H and O–H groups in total. The Labute approximate surface area is 94.6 Å². The number of hydrogen-bond donors (Lipinski definition) is 0. The van der Waals surface area contributed by atoms with Crippen molar-refractivity contribution in [1.29, 1.82) is 0 Å². The molecule has 0 radical (unpaired) electrons. The first-order chi connectivity index (χ1) is 7.79. The first-order valence-electron chi connectivity index (χ1n) is 5.47. The molecule has 1 aliphatic rings. The molecule has 0 aromatic carbocycles. The summed E-state index contributed by atoms with van der Waals surface area (Å²) in [5.41, 5.74) is 0.442. The molecule has 1 aromatic rings. The number of aromatic nitrogens is 1. The Morgan fingerprint density at radius 2 is 2.31 bits per heavy atom. The lowest BCUT2D eigenvalue weighted by atomic mass is 10.3. The Morgan fingerprint density at radius 1 is 1.50 bits per heavy atom. The molecule has 0 bridgehead atoms. The molecule has 2 rings (SSSR count). The Morgan fingerprint density at radius 3 is 2.88 bits per heavy atom. The van der Waals surface area contributed by atoms with E-state index in [-0.39, 0.29) is 5.97 Å². The van der Waals surface area contributed by atoms with Crippen molar-refractivity contribution in [2.75, 3.05) is 13.7 Å². The van der Waals surface area contributed by atoms with Gasteiger partial charge in [-0.1, -0.05) is 12.8 Å². The maximum absolute atomic E-state index is 11.1. The van der Waals surface area contributed by atoms with Crippen molar-refractivity contribution < 1.29 is 14.3 Å². The second-order valence-electron chi connectivity index (χ2n) is 3.96. The summed E-state index contributed by atoms with van der Waals surface area (Å²) < 4.78 is 10.0. The number of methoxy groups -OCH3 is 1. The highest BCUT2D eigenvalue weighted by molar-refractivity contribution is 5.88. The molecule has 1 aliphatic carbocycles. The molecular weight excluding hydrogens is 206 g/mol. The van der Waals surface area contributed by atoms with E-state index in [4.69, 9.17) is 4.74 Å². The lowest BCUT2D eigenvalue weighted by Gasteiger charge is -2.04. The smallest absolute Gasteiger partial charge is 0.339 e. The summed E-state index contributed by atoms with van der Waals surface area (Å²) in [6.07, 6.45) is 5.23. The number of pyridine rings is 1. The number of esters is 1.